The van der Waals surface area contributed by atoms with Gasteiger partial charge in [0.2, 0.25) is 0 Å². The lowest BCUT2D eigenvalue weighted by atomic mass is 10.1. The van der Waals surface area contributed by atoms with Gasteiger partial charge < -0.3 is 4.74 Å². The fraction of sp³-hybridized carbons (Fsp3) is 1.00. The number of morpholine rings is 1. The molecule has 0 aromatic rings. The van der Waals surface area contributed by atoms with Crippen LogP contribution in [0.15, 0.2) is 0 Å². The molecular weight excluding hydrogens is 162 g/mol. The second-order valence-corrected chi connectivity index (χ2v) is 4.66. The topological polar surface area (TPSA) is 12.5 Å². The van der Waals surface area contributed by atoms with Gasteiger partial charge in [0.1, 0.15) is 0 Å². The van der Waals surface area contributed by atoms with Crippen LogP contribution in [0.5, 0.6) is 0 Å². The Morgan fingerprint density at radius 2 is 1.77 bits per heavy atom. The van der Waals surface area contributed by atoms with Gasteiger partial charge in [0.25, 0.3) is 0 Å². The molecule has 13 heavy (non-hydrogen) atoms. The third kappa shape index (κ3) is 3.28. The third-order valence-electron chi connectivity index (χ3n) is 2.82. The van der Waals surface area contributed by atoms with Gasteiger partial charge in [0, 0.05) is 12.1 Å². The van der Waals surface area contributed by atoms with Crippen molar-refractivity contribution in [2.24, 2.45) is 5.92 Å². The number of nitrogens with zero attached hydrogens (tertiary/aromatic N) is 1. The summed E-state index contributed by atoms with van der Waals surface area (Å²) in [5.41, 5.74) is 0. The van der Waals surface area contributed by atoms with E-state index in [-0.39, 0.29) is 0 Å². The Kier molecular flexibility index (Phi) is 4.20. The first-order chi connectivity index (χ1) is 6.11. The first kappa shape index (κ1) is 11.0. The zero-order valence-corrected chi connectivity index (χ0v) is 9.42. The van der Waals surface area contributed by atoms with Gasteiger partial charge in [-0.3, -0.25) is 4.90 Å². The molecule has 0 aromatic heterocycles. The lowest BCUT2D eigenvalue weighted by Gasteiger charge is -2.39. The standard InChI is InChI=1S/C11H23NO/c1-9(2)5-6-12-10(3)7-13-8-11(12)4/h9-11H,5-8H2,1-4H3/t10-,11-/m1/s1. The van der Waals surface area contributed by atoms with Gasteiger partial charge in [-0.25, -0.2) is 0 Å². The highest BCUT2D eigenvalue weighted by atomic mass is 16.5. The van der Waals surface area contributed by atoms with E-state index in [4.69, 9.17) is 4.74 Å². The largest absolute Gasteiger partial charge is 0.378 e. The molecule has 0 bridgehead atoms. The predicted molar refractivity (Wildman–Crippen MR) is 55.9 cm³/mol. The number of hydrogen-bond acceptors (Lipinski definition) is 2. The second kappa shape index (κ2) is 4.97. The molecular formula is C11H23NO. The highest BCUT2D eigenvalue weighted by Gasteiger charge is 2.24. The van der Waals surface area contributed by atoms with E-state index < -0.39 is 0 Å². The Balaban J connectivity index is 2.35. The molecule has 0 saturated carbocycles. The Morgan fingerprint density at radius 1 is 1.23 bits per heavy atom. The number of ether oxygens (including phenoxy) is 1. The Bertz CT molecular complexity index is 137. The Hall–Kier alpha value is -0.0800. The van der Waals surface area contributed by atoms with Gasteiger partial charge in [0.15, 0.2) is 0 Å². The van der Waals surface area contributed by atoms with Crippen LogP contribution in [0.25, 0.3) is 0 Å². The van der Waals surface area contributed by atoms with Crippen LogP contribution in [0.4, 0.5) is 0 Å². The van der Waals surface area contributed by atoms with Crippen LogP contribution < -0.4 is 0 Å². The van der Waals surface area contributed by atoms with E-state index >= 15 is 0 Å². The van der Waals surface area contributed by atoms with E-state index in [1.165, 1.54) is 13.0 Å². The fourth-order valence-corrected chi connectivity index (χ4v) is 1.88. The number of hydrogen-bond donors (Lipinski definition) is 0. The second-order valence-electron chi connectivity index (χ2n) is 4.66. The molecule has 1 fully saturated rings. The molecule has 0 N–H and O–H groups in total. The molecule has 0 spiro atoms. The van der Waals surface area contributed by atoms with Crippen molar-refractivity contribution in [3.05, 3.63) is 0 Å². The van der Waals surface area contributed by atoms with E-state index in [9.17, 15) is 0 Å². The summed E-state index contributed by atoms with van der Waals surface area (Å²) in [6.07, 6.45) is 1.30. The lowest BCUT2D eigenvalue weighted by molar-refractivity contribution is -0.0381. The lowest BCUT2D eigenvalue weighted by Crippen LogP contribution is -2.49. The van der Waals surface area contributed by atoms with E-state index in [1.807, 2.05) is 0 Å². The van der Waals surface area contributed by atoms with Crippen LogP contribution in [-0.4, -0.2) is 36.7 Å². The smallest absolute Gasteiger partial charge is 0.0620 e. The predicted octanol–water partition coefficient (Wildman–Crippen LogP) is 2.14. The molecule has 2 heteroatoms. The number of rotatable bonds is 3. The molecule has 1 heterocycles. The summed E-state index contributed by atoms with van der Waals surface area (Å²) >= 11 is 0. The Labute approximate surface area is 82.3 Å². The Morgan fingerprint density at radius 3 is 2.23 bits per heavy atom. The van der Waals surface area contributed by atoms with Crippen molar-refractivity contribution < 1.29 is 4.74 Å². The van der Waals surface area contributed by atoms with Gasteiger partial charge in [-0.1, -0.05) is 13.8 Å². The van der Waals surface area contributed by atoms with Gasteiger partial charge in [0.05, 0.1) is 13.2 Å². The van der Waals surface area contributed by atoms with Crippen molar-refractivity contribution >= 4 is 0 Å². The van der Waals surface area contributed by atoms with Crippen molar-refractivity contribution in [1.29, 1.82) is 0 Å². The molecule has 1 aliphatic heterocycles. The summed E-state index contributed by atoms with van der Waals surface area (Å²) in [4.78, 5) is 2.57. The summed E-state index contributed by atoms with van der Waals surface area (Å²) in [5, 5.41) is 0. The highest BCUT2D eigenvalue weighted by Crippen LogP contribution is 2.14. The van der Waals surface area contributed by atoms with Gasteiger partial charge in [-0.2, -0.15) is 0 Å². The van der Waals surface area contributed by atoms with Crippen LogP contribution in [0.2, 0.25) is 0 Å². The average Bonchev–Trinajstić information content (AvgIpc) is 2.03. The normalized spacial score (nSPS) is 31.2. The molecule has 0 aliphatic carbocycles. The molecule has 1 saturated heterocycles. The van der Waals surface area contributed by atoms with Gasteiger partial charge >= 0.3 is 0 Å². The first-order valence-corrected chi connectivity index (χ1v) is 5.44. The molecule has 2 nitrogen and oxygen atoms in total. The van der Waals surface area contributed by atoms with Crippen LogP contribution in [0.1, 0.15) is 34.1 Å². The van der Waals surface area contributed by atoms with Gasteiger partial charge in [-0.15, -0.1) is 0 Å². The van der Waals surface area contributed by atoms with E-state index in [0.717, 1.165) is 19.1 Å². The minimum Gasteiger partial charge on any atom is -0.378 e. The van der Waals surface area contributed by atoms with Crippen molar-refractivity contribution in [3.8, 4) is 0 Å². The molecule has 78 valence electrons. The molecule has 2 atom stereocenters. The van der Waals surface area contributed by atoms with E-state index in [0.29, 0.717) is 12.1 Å². The highest BCUT2D eigenvalue weighted by molar-refractivity contribution is 4.77. The fourth-order valence-electron chi connectivity index (χ4n) is 1.88. The maximum Gasteiger partial charge on any atom is 0.0620 e. The van der Waals surface area contributed by atoms with E-state index in [1.54, 1.807) is 0 Å². The minimum absolute atomic E-state index is 0.600. The third-order valence-corrected chi connectivity index (χ3v) is 2.82. The molecule has 0 unspecified atom stereocenters. The molecule has 0 aromatic carbocycles. The first-order valence-electron chi connectivity index (χ1n) is 5.44. The van der Waals surface area contributed by atoms with Gasteiger partial charge in [-0.05, 0) is 32.7 Å². The maximum absolute atomic E-state index is 5.49. The zero-order valence-electron chi connectivity index (χ0n) is 9.42. The molecule has 1 rings (SSSR count). The summed E-state index contributed by atoms with van der Waals surface area (Å²) in [6, 6.07) is 1.20. The van der Waals surface area contributed by atoms with Crippen molar-refractivity contribution in [3.63, 3.8) is 0 Å². The monoisotopic (exact) mass is 185 g/mol. The van der Waals surface area contributed by atoms with Crippen LogP contribution in [-0.2, 0) is 4.74 Å². The molecule has 0 amide bonds. The van der Waals surface area contributed by atoms with Crippen LogP contribution in [0, 0.1) is 5.92 Å². The average molecular weight is 185 g/mol. The summed E-state index contributed by atoms with van der Waals surface area (Å²) in [7, 11) is 0. The molecule has 1 aliphatic rings. The van der Waals surface area contributed by atoms with Crippen LogP contribution >= 0.6 is 0 Å². The molecule has 0 radical (unpaired) electrons. The summed E-state index contributed by atoms with van der Waals surface area (Å²) in [6.45, 7) is 12.1. The summed E-state index contributed by atoms with van der Waals surface area (Å²) < 4.78 is 5.49. The van der Waals surface area contributed by atoms with Crippen molar-refractivity contribution in [1.82, 2.24) is 4.90 Å². The SMILES string of the molecule is CC(C)CCN1[C@H](C)COC[C@H]1C. The van der Waals surface area contributed by atoms with E-state index in [2.05, 4.69) is 32.6 Å². The quantitative estimate of drug-likeness (QED) is 0.668. The maximum atomic E-state index is 5.49. The zero-order chi connectivity index (χ0) is 9.84. The minimum atomic E-state index is 0.600. The van der Waals surface area contributed by atoms with Crippen molar-refractivity contribution in [2.75, 3.05) is 19.8 Å². The summed E-state index contributed by atoms with van der Waals surface area (Å²) in [5.74, 6) is 0.808. The van der Waals surface area contributed by atoms with Crippen LogP contribution in [0.3, 0.4) is 0 Å². The van der Waals surface area contributed by atoms with Crippen molar-refractivity contribution in [2.45, 2.75) is 46.2 Å².